The molecular formula is C23H41N3O4. The standard InChI is InChI=1S/C23H41N3O4/c1-10-30-22(29)16(4)14-18(15(2)3)26(9)21(28)19(23(5,6)7)24-20(27)17-12-11-13-25(17)8/h14-15,17-19H,10-13H2,1-9H3,(H,24,27)/b16-14+. The van der Waals surface area contributed by atoms with Gasteiger partial charge in [-0.05, 0) is 51.6 Å². The van der Waals surface area contributed by atoms with Crippen LogP contribution < -0.4 is 5.32 Å². The van der Waals surface area contributed by atoms with Crippen molar-refractivity contribution in [1.82, 2.24) is 15.1 Å². The second kappa shape index (κ2) is 10.9. The van der Waals surface area contributed by atoms with Gasteiger partial charge in [0, 0.05) is 12.6 Å². The number of likely N-dealkylation sites (tertiary alicyclic amines) is 1. The Balaban J connectivity index is 3.09. The highest BCUT2D eigenvalue weighted by Crippen LogP contribution is 2.25. The number of nitrogens with zero attached hydrogens (tertiary/aromatic N) is 2. The quantitative estimate of drug-likeness (QED) is 0.480. The molecule has 7 heteroatoms. The molecule has 1 aliphatic rings. The van der Waals surface area contributed by atoms with E-state index in [0.717, 1.165) is 19.4 Å². The molecule has 1 rings (SSSR count). The molecule has 1 aliphatic heterocycles. The van der Waals surface area contributed by atoms with Crippen molar-refractivity contribution >= 4 is 17.8 Å². The summed E-state index contributed by atoms with van der Waals surface area (Å²) in [6.07, 6.45) is 3.57. The molecule has 0 radical (unpaired) electrons. The molecule has 3 atom stereocenters. The lowest BCUT2D eigenvalue weighted by Crippen LogP contribution is -2.58. The molecule has 0 spiro atoms. The molecule has 0 aromatic carbocycles. The van der Waals surface area contributed by atoms with Crippen LogP contribution in [0.15, 0.2) is 11.6 Å². The minimum absolute atomic E-state index is 0.0839. The van der Waals surface area contributed by atoms with Crippen molar-refractivity contribution in [2.45, 2.75) is 79.4 Å². The Hall–Kier alpha value is -1.89. The number of hydrogen-bond acceptors (Lipinski definition) is 5. The van der Waals surface area contributed by atoms with E-state index in [1.165, 1.54) is 0 Å². The molecule has 1 heterocycles. The molecule has 0 saturated carbocycles. The summed E-state index contributed by atoms with van der Waals surface area (Å²) in [4.78, 5) is 42.1. The highest BCUT2D eigenvalue weighted by Gasteiger charge is 2.39. The van der Waals surface area contributed by atoms with Crippen molar-refractivity contribution in [2.24, 2.45) is 11.3 Å². The number of nitrogens with one attached hydrogen (secondary N) is 1. The largest absolute Gasteiger partial charge is 0.463 e. The SMILES string of the molecule is CCOC(=O)/C(C)=C/C(C(C)C)N(C)C(=O)C(NC(=O)C1CCCN1C)C(C)(C)C. The van der Waals surface area contributed by atoms with E-state index in [4.69, 9.17) is 4.74 Å². The van der Waals surface area contributed by atoms with Gasteiger partial charge in [0.25, 0.3) is 0 Å². The summed E-state index contributed by atoms with van der Waals surface area (Å²) in [6.45, 7) is 14.5. The van der Waals surface area contributed by atoms with E-state index in [0.29, 0.717) is 12.2 Å². The van der Waals surface area contributed by atoms with Gasteiger partial charge in [0.15, 0.2) is 0 Å². The third-order valence-electron chi connectivity index (χ3n) is 5.72. The second-order valence-corrected chi connectivity index (χ2v) is 9.70. The number of hydrogen-bond donors (Lipinski definition) is 1. The van der Waals surface area contributed by atoms with E-state index in [2.05, 4.69) is 5.32 Å². The molecule has 2 amide bonds. The number of amides is 2. The molecular weight excluding hydrogens is 382 g/mol. The molecule has 1 N–H and O–H groups in total. The Morgan fingerprint density at radius 1 is 1.27 bits per heavy atom. The van der Waals surface area contributed by atoms with Gasteiger partial charge in [-0.15, -0.1) is 0 Å². The van der Waals surface area contributed by atoms with Crippen LogP contribution >= 0.6 is 0 Å². The van der Waals surface area contributed by atoms with Gasteiger partial charge in [-0.25, -0.2) is 4.79 Å². The predicted octanol–water partition coefficient (Wildman–Crippen LogP) is 2.60. The lowest BCUT2D eigenvalue weighted by atomic mass is 9.85. The van der Waals surface area contributed by atoms with E-state index >= 15 is 0 Å². The Bertz CT molecular complexity index is 651. The Labute approximate surface area is 182 Å². The van der Waals surface area contributed by atoms with Gasteiger partial charge in [0.05, 0.1) is 18.7 Å². The highest BCUT2D eigenvalue weighted by molar-refractivity contribution is 5.91. The maximum atomic E-state index is 13.5. The number of carbonyl (C=O) groups excluding carboxylic acids is 3. The summed E-state index contributed by atoms with van der Waals surface area (Å²) in [5, 5.41) is 3.02. The van der Waals surface area contributed by atoms with Crippen molar-refractivity contribution in [1.29, 1.82) is 0 Å². The average molecular weight is 424 g/mol. The van der Waals surface area contributed by atoms with Crippen LogP contribution in [0.25, 0.3) is 0 Å². The van der Waals surface area contributed by atoms with Gasteiger partial charge < -0.3 is 15.0 Å². The van der Waals surface area contributed by atoms with Crippen molar-refractivity contribution in [3.63, 3.8) is 0 Å². The number of carbonyl (C=O) groups is 3. The first kappa shape index (κ1) is 26.1. The average Bonchev–Trinajstić information content (AvgIpc) is 3.07. The summed E-state index contributed by atoms with van der Waals surface area (Å²) < 4.78 is 5.07. The fourth-order valence-electron chi connectivity index (χ4n) is 3.80. The first-order valence-corrected chi connectivity index (χ1v) is 10.9. The zero-order chi connectivity index (χ0) is 23.2. The highest BCUT2D eigenvalue weighted by atomic mass is 16.5. The predicted molar refractivity (Wildman–Crippen MR) is 119 cm³/mol. The summed E-state index contributed by atoms with van der Waals surface area (Å²) in [7, 11) is 3.67. The van der Waals surface area contributed by atoms with Crippen molar-refractivity contribution < 1.29 is 19.1 Å². The number of ether oxygens (including phenoxy) is 1. The van der Waals surface area contributed by atoms with Crippen molar-refractivity contribution in [2.75, 3.05) is 27.2 Å². The van der Waals surface area contributed by atoms with Crippen LogP contribution in [-0.4, -0.2) is 73.0 Å². The van der Waals surface area contributed by atoms with Gasteiger partial charge in [0.1, 0.15) is 6.04 Å². The molecule has 7 nitrogen and oxygen atoms in total. The maximum absolute atomic E-state index is 13.5. The van der Waals surface area contributed by atoms with Crippen molar-refractivity contribution in [3.05, 3.63) is 11.6 Å². The van der Waals surface area contributed by atoms with Crippen LogP contribution in [0.1, 0.15) is 61.3 Å². The van der Waals surface area contributed by atoms with Crippen molar-refractivity contribution in [3.8, 4) is 0 Å². The van der Waals surface area contributed by atoms with Gasteiger partial charge in [-0.2, -0.15) is 0 Å². The summed E-state index contributed by atoms with van der Waals surface area (Å²) in [6, 6.07) is -1.15. The Morgan fingerprint density at radius 2 is 1.87 bits per heavy atom. The van der Waals surface area contributed by atoms with Crippen LogP contribution in [-0.2, 0) is 19.1 Å². The molecule has 172 valence electrons. The van der Waals surface area contributed by atoms with Gasteiger partial charge in [0.2, 0.25) is 11.8 Å². The molecule has 0 aromatic rings. The number of rotatable bonds is 8. The lowest BCUT2D eigenvalue weighted by molar-refractivity contribution is -0.141. The molecule has 3 unspecified atom stereocenters. The molecule has 1 fully saturated rings. The fraction of sp³-hybridized carbons (Fsp3) is 0.783. The third kappa shape index (κ3) is 6.83. The molecule has 0 aromatic heterocycles. The summed E-state index contributed by atoms with van der Waals surface area (Å²) in [5.74, 6) is -0.561. The number of esters is 1. The zero-order valence-electron chi connectivity index (χ0n) is 20.2. The van der Waals surface area contributed by atoms with Crippen LogP contribution in [0.5, 0.6) is 0 Å². The minimum Gasteiger partial charge on any atom is -0.463 e. The monoisotopic (exact) mass is 423 g/mol. The van der Waals surface area contributed by atoms with Crippen LogP contribution in [0, 0.1) is 11.3 Å². The Morgan fingerprint density at radius 3 is 2.30 bits per heavy atom. The number of likely N-dealkylation sites (N-methyl/N-ethyl adjacent to an activating group) is 2. The zero-order valence-corrected chi connectivity index (χ0v) is 20.2. The van der Waals surface area contributed by atoms with E-state index in [1.807, 2.05) is 46.6 Å². The Kier molecular flexibility index (Phi) is 9.53. The third-order valence-corrected chi connectivity index (χ3v) is 5.72. The van der Waals surface area contributed by atoms with Crippen LogP contribution in [0.3, 0.4) is 0 Å². The van der Waals surface area contributed by atoms with Gasteiger partial charge in [-0.3, -0.25) is 14.5 Å². The van der Waals surface area contributed by atoms with E-state index in [-0.39, 0.29) is 35.8 Å². The topological polar surface area (TPSA) is 79.0 Å². The van der Waals surface area contributed by atoms with Crippen LogP contribution in [0.4, 0.5) is 0 Å². The maximum Gasteiger partial charge on any atom is 0.333 e. The van der Waals surface area contributed by atoms with Gasteiger partial charge in [-0.1, -0.05) is 40.7 Å². The van der Waals surface area contributed by atoms with E-state index in [9.17, 15) is 14.4 Å². The second-order valence-electron chi connectivity index (χ2n) is 9.70. The first-order chi connectivity index (χ1) is 13.8. The molecule has 0 aliphatic carbocycles. The summed E-state index contributed by atoms with van der Waals surface area (Å²) in [5.41, 5.74) is 0.0127. The fourth-order valence-corrected chi connectivity index (χ4v) is 3.80. The van der Waals surface area contributed by atoms with E-state index < -0.39 is 11.5 Å². The molecule has 0 bridgehead atoms. The van der Waals surface area contributed by atoms with Crippen LogP contribution in [0.2, 0.25) is 0 Å². The first-order valence-electron chi connectivity index (χ1n) is 10.9. The lowest BCUT2D eigenvalue weighted by Gasteiger charge is -2.38. The smallest absolute Gasteiger partial charge is 0.333 e. The van der Waals surface area contributed by atoms with E-state index in [1.54, 1.807) is 31.9 Å². The summed E-state index contributed by atoms with van der Waals surface area (Å²) >= 11 is 0. The molecule has 30 heavy (non-hydrogen) atoms. The molecule has 1 saturated heterocycles. The van der Waals surface area contributed by atoms with Gasteiger partial charge >= 0.3 is 5.97 Å². The normalized spacial score (nSPS) is 20.1. The minimum atomic E-state index is -0.665.